The SMILES string of the molecule is COCC1(C(=O)Nc2ccc(NCC3CCCO3)c(F)c2)CCNCC1.Cl.Cl. The van der Waals surface area contributed by atoms with E-state index in [2.05, 4.69) is 16.0 Å². The Morgan fingerprint density at radius 2 is 2.11 bits per heavy atom. The van der Waals surface area contributed by atoms with Crippen LogP contribution in [0.25, 0.3) is 0 Å². The highest BCUT2D eigenvalue weighted by atomic mass is 35.5. The topological polar surface area (TPSA) is 71.6 Å². The maximum absolute atomic E-state index is 14.4. The Labute approximate surface area is 178 Å². The largest absolute Gasteiger partial charge is 0.384 e. The van der Waals surface area contributed by atoms with Crippen molar-refractivity contribution in [3.8, 4) is 0 Å². The molecule has 1 amide bonds. The first-order valence-corrected chi connectivity index (χ1v) is 9.29. The standard InChI is InChI=1S/C19H28FN3O3.2ClH/c1-25-13-19(6-8-21-9-7-19)18(24)23-14-4-5-17(16(20)11-14)22-12-15-3-2-10-26-15;;/h4-5,11,15,21-22H,2-3,6-10,12-13H2,1H3,(H,23,24);2*1H. The van der Waals surface area contributed by atoms with Crippen molar-refractivity contribution in [2.45, 2.75) is 31.8 Å². The molecule has 1 aromatic rings. The highest BCUT2D eigenvalue weighted by Gasteiger charge is 2.39. The lowest BCUT2D eigenvalue weighted by Gasteiger charge is -2.35. The summed E-state index contributed by atoms with van der Waals surface area (Å²) in [6.45, 7) is 3.28. The minimum absolute atomic E-state index is 0. The monoisotopic (exact) mass is 437 g/mol. The molecule has 2 heterocycles. The Bertz CT molecular complexity index is 619. The van der Waals surface area contributed by atoms with E-state index in [0.29, 0.717) is 37.4 Å². The van der Waals surface area contributed by atoms with E-state index in [0.717, 1.165) is 32.5 Å². The number of rotatable bonds is 7. The van der Waals surface area contributed by atoms with Gasteiger partial charge in [0.15, 0.2) is 0 Å². The van der Waals surface area contributed by atoms with Gasteiger partial charge in [-0.1, -0.05) is 0 Å². The third-order valence-electron chi connectivity index (χ3n) is 5.23. The molecular formula is C19H30Cl2FN3O3. The first-order chi connectivity index (χ1) is 12.6. The molecule has 1 aromatic carbocycles. The van der Waals surface area contributed by atoms with Gasteiger partial charge in [0, 0.05) is 25.9 Å². The van der Waals surface area contributed by atoms with Crippen LogP contribution >= 0.6 is 24.8 Å². The van der Waals surface area contributed by atoms with Gasteiger partial charge in [-0.15, -0.1) is 24.8 Å². The van der Waals surface area contributed by atoms with Crippen molar-refractivity contribution in [2.24, 2.45) is 5.41 Å². The van der Waals surface area contributed by atoms with Crippen LogP contribution in [0, 0.1) is 11.2 Å². The molecule has 6 nitrogen and oxygen atoms in total. The third kappa shape index (κ3) is 6.19. The highest BCUT2D eigenvalue weighted by Crippen LogP contribution is 2.31. The lowest BCUT2D eigenvalue weighted by molar-refractivity contribution is -0.130. The van der Waals surface area contributed by atoms with Gasteiger partial charge in [0.2, 0.25) is 5.91 Å². The van der Waals surface area contributed by atoms with Crippen molar-refractivity contribution in [2.75, 3.05) is 50.6 Å². The van der Waals surface area contributed by atoms with E-state index in [4.69, 9.17) is 9.47 Å². The number of hydrogen-bond donors (Lipinski definition) is 3. The van der Waals surface area contributed by atoms with Gasteiger partial charge < -0.3 is 25.4 Å². The van der Waals surface area contributed by atoms with Crippen LogP contribution in [-0.2, 0) is 14.3 Å². The van der Waals surface area contributed by atoms with E-state index >= 15 is 0 Å². The number of hydrogen-bond acceptors (Lipinski definition) is 5. The smallest absolute Gasteiger partial charge is 0.233 e. The molecular weight excluding hydrogens is 408 g/mol. The molecule has 0 aromatic heterocycles. The number of amides is 1. The van der Waals surface area contributed by atoms with Crippen LogP contribution < -0.4 is 16.0 Å². The summed E-state index contributed by atoms with van der Waals surface area (Å²) in [5.41, 5.74) is 0.323. The summed E-state index contributed by atoms with van der Waals surface area (Å²) in [7, 11) is 1.60. The normalized spacial score (nSPS) is 20.6. The Morgan fingerprint density at radius 1 is 1.36 bits per heavy atom. The molecule has 3 N–H and O–H groups in total. The van der Waals surface area contributed by atoms with Crippen LogP contribution in [0.2, 0.25) is 0 Å². The molecule has 2 saturated heterocycles. The minimum Gasteiger partial charge on any atom is -0.384 e. The zero-order valence-electron chi connectivity index (χ0n) is 16.1. The maximum atomic E-state index is 14.4. The summed E-state index contributed by atoms with van der Waals surface area (Å²) in [4.78, 5) is 12.8. The third-order valence-corrected chi connectivity index (χ3v) is 5.23. The molecule has 160 valence electrons. The molecule has 2 aliphatic rings. The van der Waals surface area contributed by atoms with Gasteiger partial charge in [0.05, 0.1) is 23.8 Å². The summed E-state index contributed by atoms with van der Waals surface area (Å²) in [5, 5.41) is 9.21. The second-order valence-electron chi connectivity index (χ2n) is 7.13. The first kappa shape index (κ1) is 24.9. The number of carbonyl (C=O) groups excluding carboxylic acids is 1. The number of anilines is 2. The van der Waals surface area contributed by atoms with Gasteiger partial charge in [0.1, 0.15) is 5.82 Å². The molecule has 2 fully saturated rings. The van der Waals surface area contributed by atoms with Crippen LogP contribution in [0.15, 0.2) is 18.2 Å². The molecule has 9 heteroatoms. The van der Waals surface area contributed by atoms with Gasteiger partial charge in [-0.2, -0.15) is 0 Å². The number of nitrogens with one attached hydrogen (secondary N) is 3. The fourth-order valence-corrected chi connectivity index (χ4v) is 3.65. The maximum Gasteiger partial charge on any atom is 0.233 e. The van der Waals surface area contributed by atoms with Gasteiger partial charge in [0.25, 0.3) is 0 Å². The molecule has 0 spiro atoms. The second-order valence-corrected chi connectivity index (χ2v) is 7.13. The van der Waals surface area contributed by atoms with E-state index in [1.165, 1.54) is 6.07 Å². The Hall–Kier alpha value is -1.12. The molecule has 3 rings (SSSR count). The predicted molar refractivity (Wildman–Crippen MR) is 113 cm³/mol. The van der Waals surface area contributed by atoms with Crippen molar-refractivity contribution in [1.29, 1.82) is 0 Å². The molecule has 1 atom stereocenters. The number of carbonyl (C=O) groups is 1. The molecule has 1 unspecified atom stereocenters. The molecule has 2 aliphatic heterocycles. The van der Waals surface area contributed by atoms with Crippen LogP contribution in [0.1, 0.15) is 25.7 Å². The van der Waals surface area contributed by atoms with Crippen LogP contribution in [-0.4, -0.2) is 52.0 Å². The Balaban J connectivity index is 0.00000196. The Kier molecular flexibility index (Phi) is 10.5. The highest BCUT2D eigenvalue weighted by molar-refractivity contribution is 5.95. The van der Waals surface area contributed by atoms with Crippen molar-refractivity contribution in [3.63, 3.8) is 0 Å². The van der Waals surface area contributed by atoms with Crippen molar-refractivity contribution < 1.29 is 18.7 Å². The van der Waals surface area contributed by atoms with Gasteiger partial charge in [-0.3, -0.25) is 4.79 Å². The van der Waals surface area contributed by atoms with Gasteiger partial charge >= 0.3 is 0 Å². The van der Waals surface area contributed by atoms with Gasteiger partial charge in [-0.05, 0) is 57.0 Å². The summed E-state index contributed by atoms with van der Waals surface area (Å²) in [6.07, 6.45) is 3.60. The quantitative estimate of drug-likeness (QED) is 0.610. The molecule has 0 saturated carbocycles. The minimum atomic E-state index is -0.562. The van der Waals surface area contributed by atoms with E-state index < -0.39 is 5.41 Å². The predicted octanol–water partition coefficient (Wildman–Crippen LogP) is 3.21. The van der Waals surface area contributed by atoms with Crippen LogP contribution in [0.3, 0.4) is 0 Å². The number of halogens is 3. The van der Waals surface area contributed by atoms with Crippen molar-refractivity contribution in [3.05, 3.63) is 24.0 Å². The van der Waals surface area contributed by atoms with E-state index in [1.807, 2.05) is 0 Å². The summed E-state index contributed by atoms with van der Waals surface area (Å²) < 4.78 is 25.2. The lowest BCUT2D eigenvalue weighted by atomic mass is 9.78. The zero-order valence-corrected chi connectivity index (χ0v) is 17.7. The van der Waals surface area contributed by atoms with Gasteiger partial charge in [-0.25, -0.2) is 4.39 Å². The summed E-state index contributed by atoms with van der Waals surface area (Å²) in [5.74, 6) is -0.493. The molecule has 28 heavy (non-hydrogen) atoms. The lowest BCUT2D eigenvalue weighted by Crippen LogP contribution is -2.47. The summed E-state index contributed by atoms with van der Waals surface area (Å²) in [6, 6.07) is 4.74. The second kappa shape index (κ2) is 11.8. The summed E-state index contributed by atoms with van der Waals surface area (Å²) >= 11 is 0. The fourth-order valence-electron chi connectivity index (χ4n) is 3.65. The number of methoxy groups -OCH3 is 1. The average molecular weight is 438 g/mol. The molecule has 0 radical (unpaired) electrons. The molecule has 0 bridgehead atoms. The van der Waals surface area contributed by atoms with Crippen LogP contribution in [0.4, 0.5) is 15.8 Å². The Morgan fingerprint density at radius 3 is 2.71 bits per heavy atom. The number of benzene rings is 1. The van der Waals surface area contributed by atoms with Crippen molar-refractivity contribution >= 4 is 42.1 Å². The fraction of sp³-hybridized carbons (Fsp3) is 0.632. The average Bonchev–Trinajstić information content (AvgIpc) is 3.15. The first-order valence-electron chi connectivity index (χ1n) is 9.29. The van der Waals surface area contributed by atoms with Crippen molar-refractivity contribution in [1.82, 2.24) is 5.32 Å². The van der Waals surface area contributed by atoms with E-state index in [-0.39, 0.29) is 42.6 Å². The molecule has 0 aliphatic carbocycles. The number of ether oxygens (including phenoxy) is 2. The number of piperidine rings is 1. The zero-order chi connectivity index (χ0) is 18.4. The van der Waals surface area contributed by atoms with E-state index in [1.54, 1.807) is 19.2 Å². The van der Waals surface area contributed by atoms with E-state index in [9.17, 15) is 9.18 Å². The van der Waals surface area contributed by atoms with Crippen LogP contribution in [0.5, 0.6) is 0 Å².